The third kappa shape index (κ3) is 6.54. The highest BCUT2D eigenvalue weighted by atomic mass is 16.3. The van der Waals surface area contributed by atoms with Crippen LogP contribution in [0.3, 0.4) is 0 Å². The molecule has 3 heterocycles. The molecule has 6 nitrogen and oxygen atoms in total. The number of nitrogen functional groups attached to an aromatic ring is 1. The fraction of sp³-hybridized carbons (Fsp3) is 0.0862. The van der Waals surface area contributed by atoms with E-state index in [2.05, 4.69) is 126 Å². The third-order valence-corrected chi connectivity index (χ3v) is 12.9. The second-order valence-electron chi connectivity index (χ2n) is 16.8. The summed E-state index contributed by atoms with van der Waals surface area (Å²) in [6.45, 7) is 0. The smallest absolute Gasteiger partial charge is 0.164 e. The highest BCUT2D eigenvalue weighted by Crippen LogP contribution is 2.44. The number of furan rings is 1. The van der Waals surface area contributed by atoms with Gasteiger partial charge >= 0.3 is 0 Å². The van der Waals surface area contributed by atoms with Crippen LogP contribution in [-0.4, -0.2) is 19.5 Å². The van der Waals surface area contributed by atoms with Crippen LogP contribution in [-0.2, 0) is 6.42 Å². The van der Waals surface area contributed by atoms with E-state index in [9.17, 15) is 0 Å². The summed E-state index contributed by atoms with van der Waals surface area (Å²) in [4.78, 5) is 15.1. The molecule has 64 heavy (non-hydrogen) atoms. The molecule has 2 aliphatic carbocycles. The molecule has 0 radical (unpaired) electrons. The van der Waals surface area contributed by atoms with Crippen molar-refractivity contribution in [1.29, 1.82) is 0 Å². The van der Waals surface area contributed by atoms with Crippen molar-refractivity contribution in [3.8, 4) is 56.4 Å². The quantitative estimate of drug-likeness (QED) is 0.154. The van der Waals surface area contributed by atoms with Gasteiger partial charge in [0, 0.05) is 49.5 Å². The molecule has 10 aromatic rings. The van der Waals surface area contributed by atoms with E-state index in [4.69, 9.17) is 25.1 Å². The van der Waals surface area contributed by atoms with Crippen LogP contribution in [0.1, 0.15) is 24.8 Å². The molecule has 0 fully saturated rings. The molecule has 0 aliphatic heterocycles. The minimum absolute atomic E-state index is 0.468. The van der Waals surface area contributed by atoms with Crippen LogP contribution in [0.4, 0.5) is 5.69 Å². The van der Waals surface area contributed by atoms with Crippen molar-refractivity contribution in [3.05, 3.63) is 200 Å². The zero-order valence-corrected chi connectivity index (χ0v) is 35.2. The van der Waals surface area contributed by atoms with E-state index in [0.29, 0.717) is 23.4 Å². The van der Waals surface area contributed by atoms with E-state index in [-0.39, 0.29) is 0 Å². The number of nitrogens with zero attached hydrogens (tertiary/aromatic N) is 4. The summed E-state index contributed by atoms with van der Waals surface area (Å²) >= 11 is 0. The van der Waals surface area contributed by atoms with Gasteiger partial charge < -0.3 is 14.7 Å². The Kier molecular flexibility index (Phi) is 9.22. The normalized spacial score (nSPS) is 14.9. The van der Waals surface area contributed by atoms with E-state index >= 15 is 0 Å². The van der Waals surface area contributed by atoms with E-state index in [1.165, 1.54) is 22.2 Å². The maximum absolute atomic E-state index is 7.41. The molecule has 1 atom stereocenters. The number of rotatable bonds is 8. The van der Waals surface area contributed by atoms with Crippen LogP contribution in [0.2, 0.25) is 0 Å². The third-order valence-electron chi connectivity index (χ3n) is 12.9. The first kappa shape index (κ1) is 37.7. The summed E-state index contributed by atoms with van der Waals surface area (Å²) in [5.41, 5.74) is 21.8. The molecule has 6 heteroatoms. The molecular weight excluding hydrogens is 783 g/mol. The zero-order valence-electron chi connectivity index (χ0n) is 35.2. The van der Waals surface area contributed by atoms with Crippen LogP contribution in [0.15, 0.2) is 199 Å². The summed E-state index contributed by atoms with van der Waals surface area (Å²) in [6.07, 6.45) is 19.5. The number of fused-ring (bicyclic) bond motifs is 6. The number of allylic oxidation sites excluding steroid dienone is 8. The molecular formula is C58H43N5O. The summed E-state index contributed by atoms with van der Waals surface area (Å²) in [5, 5.41) is 4.27. The predicted molar refractivity (Wildman–Crippen MR) is 264 cm³/mol. The van der Waals surface area contributed by atoms with Gasteiger partial charge in [-0.05, 0) is 90.3 Å². The lowest BCUT2D eigenvalue weighted by molar-refractivity contribution is 0.654. The Morgan fingerprint density at radius 2 is 1.28 bits per heavy atom. The van der Waals surface area contributed by atoms with Crippen molar-refractivity contribution in [2.75, 3.05) is 5.73 Å². The Labute approximate surface area is 371 Å². The number of nitrogens with two attached hydrogens (primary N) is 1. The summed E-state index contributed by atoms with van der Waals surface area (Å²) in [6, 6.07) is 52.9. The maximum Gasteiger partial charge on any atom is 0.164 e. The lowest BCUT2D eigenvalue weighted by Crippen LogP contribution is -2.05. The molecule has 306 valence electrons. The standard InChI is InChI=1S/C58H43N5O/c59-54-45(44-25-14-13-22-42(44)34-37-16-5-1-6-17-37)30-31-46-48-35-40(28-32-50(48)63(55(46)54)43-23-11-4-12-24-43)41-29-33-51-49(36-41)53-47(26-15-27-52(53)64-51)58-61-56(38-18-7-2-8-19-38)60-57(62-58)39-20-9-3-10-21-39/h1-11,13-16,18-23,25-33,35-37H,12,17,24,34,59H2. The Morgan fingerprint density at radius 3 is 2.03 bits per heavy atom. The van der Waals surface area contributed by atoms with Crippen molar-refractivity contribution >= 4 is 55.1 Å². The van der Waals surface area contributed by atoms with Crippen molar-refractivity contribution in [3.63, 3.8) is 0 Å². The van der Waals surface area contributed by atoms with E-state index in [0.717, 1.165) is 103 Å². The van der Waals surface area contributed by atoms with Crippen LogP contribution < -0.4 is 5.73 Å². The molecule has 0 saturated heterocycles. The second kappa shape index (κ2) is 15.7. The largest absolute Gasteiger partial charge is 0.456 e. The lowest BCUT2D eigenvalue weighted by atomic mass is 9.88. The molecule has 7 aromatic carbocycles. The van der Waals surface area contributed by atoms with Gasteiger partial charge in [-0.3, -0.25) is 0 Å². The molecule has 2 aliphatic rings. The molecule has 0 spiro atoms. The van der Waals surface area contributed by atoms with Crippen molar-refractivity contribution in [2.45, 2.75) is 25.7 Å². The fourth-order valence-corrected chi connectivity index (χ4v) is 9.77. The first-order valence-electron chi connectivity index (χ1n) is 22.1. The van der Waals surface area contributed by atoms with Crippen LogP contribution in [0.25, 0.3) is 106 Å². The van der Waals surface area contributed by atoms with Gasteiger partial charge in [-0.2, -0.15) is 0 Å². The molecule has 0 saturated carbocycles. The lowest BCUT2D eigenvalue weighted by Gasteiger charge is -2.19. The van der Waals surface area contributed by atoms with Gasteiger partial charge in [0.25, 0.3) is 0 Å². The summed E-state index contributed by atoms with van der Waals surface area (Å²) in [5.74, 6) is 2.30. The molecule has 0 amide bonds. The SMILES string of the molecule is Nc1c(-c2ccccc2CC2C=CC=CC2)ccc2c3cc(-c4ccc5oc6cccc(-c7nc(-c8ccccc8)nc(-c8ccccc8)n7)c6c5c4)ccc3n(C3=CC=CCC3)c12. The topological polar surface area (TPSA) is 82.8 Å². The number of hydrogen-bond acceptors (Lipinski definition) is 5. The van der Waals surface area contributed by atoms with Gasteiger partial charge in [0.15, 0.2) is 17.5 Å². The number of hydrogen-bond donors (Lipinski definition) is 1. The Hall–Kier alpha value is -8.09. The monoisotopic (exact) mass is 825 g/mol. The molecule has 12 rings (SSSR count). The molecule has 1 unspecified atom stereocenters. The van der Waals surface area contributed by atoms with Gasteiger partial charge in [0.2, 0.25) is 0 Å². The Balaban J connectivity index is 1.01. The average molecular weight is 826 g/mol. The van der Waals surface area contributed by atoms with Gasteiger partial charge in [-0.15, -0.1) is 0 Å². The van der Waals surface area contributed by atoms with E-state index in [1.54, 1.807) is 0 Å². The highest BCUT2D eigenvalue weighted by molar-refractivity contribution is 6.17. The van der Waals surface area contributed by atoms with Crippen LogP contribution in [0.5, 0.6) is 0 Å². The van der Waals surface area contributed by atoms with Crippen molar-refractivity contribution < 1.29 is 4.42 Å². The van der Waals surface area contributed by atoms with Gasteiger partial charge in [-0.1, -0.05) is 158 Å². The molecule has 2 N–H and O–H groups in total. The van der Waals surface area contributed by atoms with Gasteiger partial charge in [-0.25, -0.2) is 15.0 Å². The van der Waals surface area contributed by atoms with E-state index in [1.807, 2.05) is 72.8 Å². The highest BCUT2D eigenvalue weighted by Gasteiger charge is 2.23. The second-order valence-corrected chi connectivity index (χ2v) is 16.8. The molecule has 0 bridgehead atoms. The maximum atomic E-state index is 7.41. The number of aromatic nitrogens is 4. The minimum atomic E-state index is 0.468. The Morgan fingerprint density at radius 1 is 0.562 bits per heavy atom. The van der Waals surface area contributed by atoms with Crippen molar-refractivity contribution in [1.82, 2.24) is 19.5 Å². The summed E-state index contributed by atoms with van der Waals surface area (Å²) in [7, 11) is 0. The Bertz CT molecular complexity index is 3510. The summed E-state index contributed by atoms with van der Waals surface area (Å²) < 4.78 is 8.95. The van der Waals surface area contributed by atoms with Gasteiger partial charge in [0.1, 0.15) is 11.2 Å². The van der Waals surface area contributed by atoms with Gasteiger partial charge in [0.05, 0.1) is 16.7 Å². The minimum Gasteiger partial charge on any atom is -0.456 e. The molecule has 3 aromatic heterocycles. The first-order chi connectivity index (χ1) is 31.6. The predicted octanol–water partition coefficient (Wildman–Crippen LogP) is 14.7. The van der Waals surface area contributed by atoms with E-state index < -0.39 is 0 Å². The fourth-order valence-electron chi connectivity index (χ4n) is 9.77. The van der Waals surface area contributed by atoms with Crippen molar-refractivity contribution in [2.24, 2.45) is 5.92 Å². The average Bonchev–Trinajstić information content (AvgIpc) is 3.91. The van der Waals surface area contributed by atoms with Crippen LogP contribution >= 0.6 is 0 Å². The number of benzene rings is 7. The zero-order chi connectivity index (χ0) is 42.6. The van der Waals surface area contributed by atoms with Crippen LogP contribution in [0, 0.1) is 5.92 Å². The number of anilines is 1. The first-order valence-corrected chi connectivity index (χ1v) is 22.1.